The normalized spacial score (nSPS) is 17.5. The van der Waals surface area contributed by atoms with Crippen molar-refractivity contribution in [2.24, 2.45) is 5.92 Å². The van der Waals surface area contributed by atoms with Gasteiger partial charge in [0, 0.05) is 37.6 Å². The van der Waals surface area contributed by atoms with Gasteiger partial charge in [0.05, 0.1) is 6.33 Å². The predicted octanol–water partition coefficient (Wildman–Crippen LogP) is 2.10. The number of imidazole rings is 1. The Balaban J connectivity index is 1.77. The van der Waals surface area contributed by atoms with Gasteiger partial charge in [0.1, 0.15) is 0 Å². The summed E-state index contributed by atoms with van der Waals surface area (Å²) in [6.07, 6.45) is 7.80. The van der Waals surface area contributed by atoms with E-state index in [0.29, 0.717) is 5.92 Å². The van der Waals surface area contributed by atoms with Crippen molar-refractivity contribution in [3.63, 3.8) is 0 Å². The van der Waals surface area contributed by atoms with Gasteiger partial charge >= 0.3 is 6.03 Å². The summed E-state index contributed by atoms with van der Waals surface area (Å²) in [5.74, 6) is 0.646. The zero-order valence-electron chi connectivity index (χ0n) is 12.1. The molecule has 0 unspecified atom stereocenters. The molecule has 2 rings (SSSR count). The number of nitrogens with zero attached hydrogens (tertiary/aromatic N) is 3. The van der Waals surface area contributed by atoms with E-state index < -0.39 is 0 Å². The summed E-state index contributed by atoms with van der Waals surface area (Å²) in [7, 11) is 0. The number of carbonyl (C=O) groups excluding carboxylic acids is 1. The monoisotopic (exact) mass is 264 g/mol. The first-order valence-corrected chi connectivity index (χ1v) is 6.97. The fourth-order valence-corrected chi connectivity index (χ4v) is 2.41. The maximum Gasteiger partial charge on any atom is 0.317 e. The molecule has 5 nitrogen and oxygen atoms in total. The predicted molar refractivity (Wildman–Crippen MR) is 74.8 cm³/mol. The van der Waals surface area contributed by atoms with Gasteiger partial charge in [-0.05, 0) is 39.5 Å². The number of aromatic nitrogens is 2. The summed E-state index contributed by atoms with van der Waals surface area (Å²) in [6.45, 7) is 8.74. The maximum absolute atomic E-state index is 12.0. The summed E-state index contributed by atoms with van der Waals surface area (Å²) in [5.41, 5.74) is -0.162. The highest BCUT2D eigenvalue weighted by Crippen LogP contribution is 2.19. The second-order valence-electron chi connectivity index (χ2n) is 6.37. The van der Waals surface area contributed by atoms with Crippen LogP contribution in [0, 0.1) is 5.92 Å². The van der Waals surface area contributed by atoms with Crippen LogP contribution in [0.25, 0.3) is 0 Å². The molecule has 0 radical (unpaired) electrons. The molecule has 0 aliphatic carbocycles. The van der Waals surface area contributed by atoms with Crippen molar-refractivity contribution in [3.8, 4) is 0 Å². The van der Waals surface area contributed by atoms with Crippen molar-refractivity contribution in [2.75, 3.05) is 13.1 Å². The molecule has 2 amide bonds. The second kappa shape index (κ2) is 5.63. The molecule has 1 aromatic rings. The zero-order valence-corrected chi connectivity index (χ0v) is 12.1. The lowest BCUT2D eigenvalue weighted by molar-refractivity contribution is 0.158. The molecule has 0 bridgehead atoms. The van der Waals surface area contributed by atoms with Crippen LogP contribution in [0.5, 0.6) is 0 Å². The number of hydrogen-bond donors (Lipinski definition) is 1. The minimum Gasteiger partial charge on any atom is -0.337 e. The van der Waals surface area contributed by atoms with Crippen LogP contribution in [0.2, 0.25) is 0 Å². The highest BCUT2D eigenvalue weighted by Gasteiger charge is 2.25. The van der Waals surface area contributed by atoms with Gasteiger partial charge in [-0.3, -0.25) is 0 Å². The topological polar surface area (TPSA) is 50.2 Å². The molecule has 1 aromatic heterocycles. The van der Waals surface area contributed by atoms with Gasteiger partial charge in [-0.1, -0.05) is 0 Å². The molecular formula is C14H24N4O. The minimum atomic E-state index is -0.162. The van der Waals surface area contributed by atoms with Crippen LogP contribution >= 0.6 is 0 Å². The van der Waals surface area contributed by atoms with E-state index in [1.165, 1.54) is 0 Å². The van der Waals surface area contributed by atoms with E-state index in [2.05, 4.69) is 14.9 Å². The van der Waals surface area contributed by atoms with Crippen molar-refractivity contribution in [1.82, 2.24) is 19.8 Å². The molecule has 0 saturated carbocycles. The van der Waals surface area contributed by atoms with Crippen molar-refractivity contribution in [2.45, 2.75) is 45.7 Å². The van der Waals surface area contributed by atoms with Crippen molar-refractivity contribution >= 4 is 6.03 Å². The number of piperidine rings is 1. The molecule has 0 atom stereocenters. The van der Waals surface area contributed by atoms with Crippen LogP contribution in [-0.2, 0) is 6.54 Å². The van der Waals surface area contributed by atoms with Crippen molar-refractivity contribution in [3.05, 3.63) is 18.7 Å². The minimum absolute atomic E-state index is 0.0635. The van der Waals surface area contributed by atoms with E-state index in [9.17, 15) is 4.79 Å². The van der Waals surface area contributed by atoms with E-state index in [1.54, 1.807) is 0 Å². The molecule has 5 heteroatoms. The largest absolute Gasteiger partial charge is 0.337 e. The average Bonchev–Trinajstić information content (AvgIpc) is 2.80. The smallest absolute Gasteiger partial charge is 0.317 e. The number of hydrogen-bond acceptors (Lipinski definition) is 2. The van der Waals surface area contributed by atoms with Crippen LogP contribution in [0.1, 0.15) is 33.6 Å². The summed E-state index contributed by atoms with van der Waals surface area (Å²) in [5, 5.41) is 3.02. The summed E-state index contributed by atoms with van der Waals surface area (Å²) >= 11 is 0. The maximum atomic E-state index is 12.0. The standard InChI is InChI=1S/C14H24N4O/c1-14(2,3)16-13(19)18-7-4-12(5-8-18)10-17-9-6-15-11-17/h6,9,11-12H,4-5,7-8,10H2,1-3H3,(H,16,19). The number of likely N-dealkylation sites (tertiary alicyclic amines) is 1. The van der Waals surface area contributed by atoms with Gasteiger partial charge in [0.15, 0.2) is 0 Å². The number of rotatable bonds is 2. The highest BCUT2D eigenvalue weighted by atomic mass is 16.2. The van der Waals surface area contributed by atoms with Crippen LogP contribution in [0.3, 0.4) is 0 Å². The number of nitrogens with one attached hydrogen (secondary N) is 1. The first-order chi connectivity index (χ1) is 8.94. The molecule has 1 aliphatic rings. The third-order valence-corrected chi connectivity index (χ3v) is 3.41. The van der Waals surface area contributed by atoms with Crippen molar-refractivity contribution in [1.29, 1.82) is 0 Å². The van der Waals surface area contributed by atoms with Crippen LogP contribution < -0.4 is 5.32 Å². The van der Waals surface area contributed by atoms with Gasteiger partial charge in [0.2, 0.25) is 0 Å². The van der Waals surface area contributed by atoms with Gasteiger partial charge < -0.3 is 14.8 Å². The Bertz CT molecular complexity index is 400. The van der Waals surface area contributed by atoms with E-state index in [1.807, 2.05) is 44.4 Å². The Hall–Kier alpha value is -1.52. The Morgan fingerprint density at radius 2 is 2.05 bits per heavy atom. The van der Waals surface area contributed by atoms with Crippen molar-refractivity contribution < 1.29 is 4.79 Å². The summed E-state index contributed by atoms with van der Waals surface area (Å²) < 4.78 is 2.12. The van der Waals surface area contributed by atoms with Crippen LogP contribution in [0.15, 0.2) is 18.7 Å². The molecular weight excluding hydrogens is 240 g/mol. The van der Waals surface area contributed by atoms with E-state index in [0.717, 1.165) is 32.5 Å². The Morgan fingerprint density at radius 1 is 1.37 bits per heavy atom. The fourth-order valence-electron chi connectivity index (χ4n) is 2.41. The lowest BCUT2D eigenvalue weighted by Gasteiger charge is -2.34. The molecule has 1 N–H and O–H groups in total. The van der Waals surface area contributed by atoms with Crippen LogP contribution in [0.4, 0.5) is 4.79 Å². The molecule has 0 aromatic carbocycles. The summed E-state index contributed by atoms with van der Waals surface area (Å²) in [6, 6.07) is 0.0635. The first kappa shape index (κ1) is 13.9. The molecule has 1 aliphatic heterocycles. The first-order valence-electron chi connectivity index (χ1n) is 6.97. The quantitative estimate of drug-likeness (QED) is 0.889. The average molecular weight is 264 g/mol. The fraction of sp³-hybridized carbons (Fsp3) is 0.714. The molecule has 0 spiro atoms. The summed E-state index contributed by atoms with van der Waals surface area (Å²) in [4.78, 5) is 18.0. The molecule has 1 fully saturated rings. The Morgan fingerprint density at radius 3 is 2.58 bits per heavy atom. The highest BCUT2D eigenvalue weighted by molar-refractivity contribution is 5.75. The van der Waals surface area contributed by atoms with E-state index >= 15 is 0 Å². The molecule has 2 heterocycles. The van der Waals surface area contributed by atoms with Gasteiger partial charge in [-0.15, -0.1) is 0 Å². The SMILES string of the molecule is CC(C)(C)NC(=O)N1CCC(Cn2ccnc2)CC1. The van der Waals surface area contributed by atoms with Crippen LogP contribution in [-0.4, -0.2) is 39.1 Å². The lowest BCUT2D eigenvalue weighted by Crippen LogP contribution is -2.50. The van der Waals surface area contributed by atoms with Gasteiger partial charge in [-0.2, -0.15) is 0 Å². The van der Waals surface area contributed by atoms with E-state index in [4.69, 9.17) is 0 Å². The number of carbonyl (C=O) groups is 1. The molecule has 19 heavy (non-hydrogen) atoms. The van der Waals surface area contributed by atoms with Gasteiger partial charge in [-0.25, -0.2) is 9.78 Å². The third-order valence-electron chi connectivity index (χ3n) is 3.41. The third kappa shape index (κ3) is 4.26. The number of urea groups is 1. The second-order valence-corrected chi connectivity index (χ2v) is 6.37. The zero-order chi connectivity index (χ0) is 13.9. The number of amides is 2. The molecule has 1 saturated heterocycles. The molecule has 106 valence electrons. The van der Waals surface area contributed by atoms with Gasteiger partial charge in [0.25, 0.3) is 0 Å². The Labute approximate surface area is 115 Å². The Kier molecular flexibility index (Phi) is 4.12. The van der Waals surface area contributed by atoms with E-state index in [-0.39, 0.29) is 11.6 Å². The lowest BCUT2D eigenvalue weighted by atomic mass is 9.97.